The molecule has 7 heavy (non-hydrogen) atoms. The van der Waals surface area contributed by atoms with E-state index >= 15 is 0 Å². The second kappa shape index (κ2) is 9.90. The van der Waals surface area contributed by atoms with Crippen LogP contribution in [0.3, 0.4) is 0 Å². The maximum absolute atomic E-state index is 9.15. The molecule has 4 nitrogen and oxygen atoms in total. The van der Waals surface area contributed by atoms with Crippen molar-refractivity contribution in [1.29, 1.82) is 0 Å². The Morgan fingerprint density at radius 1 is 1.71 bits per heavy atom. The summed E-state index contributed by atoms with van der Waals surface area (Å²) < 4.78 is 3.67. The van der Waals surface area contributed by atoms with Gasteiger partial charge >= 0.3 is 38.8 Å². The normalized spacial score (nSPS) is 4.86. The Morgan fingerprint density at radius 3 is 1.86 bits per heavy atom. The number of hydrogen-bond acceptors (Lipinski definition) is 3. The Kier molecular flexibility index (Phi) is 22.1. The SMILES string of the molecule is N.O=C(O)[O][Ir].[Zr]. The van der Waals surface area contributed by atoms with E-state index in [1.807, 2.05) is 0 Å². The van der Waals surface area contributed by atoms with Gasteiger partial charge in [-0.3, -0.25) is 0 Å². The molecule has 0 aliphatic rings. The van der Waals surface area contributed by atoms with Crippen LogP contribution >= 0.6 is 0 Å². The van der Waals surface area contributed by atoms with Crippen molar-refractivity contribution < 1.29 is 58.9 Å². The molecule has 0 saturated carbocycles. The number of carbonyl (C=O) groups is 1. The first-order valence-electron chi connectivity index (χ1n) is 0.768. The zero-order valence-electron chi connectivity index (χ0n) is 3.30. The third-order valence-corrected chi connectivity index (χ3v) is 0.476. The fourth-order valence-corrected chi connectivity index (χ4v) is 0. The number of carboxylic acid groups (broad SMARTS) is 1. The molecule has 0 spiro atoms. The standard InChI is InChI=1S/CH2O3.Ir.H3N.Zr/c2-1(3)4;;;/h(H2,2,3,4);;1H3;/q;+1;;/p-1. The van der Waals surface area contributed by atoms with Crippen molar-refractivity contribution in [3.8, 4) is 0 Å². The van der Waals surface area contributed by atoms with E-state index in [1.165, 1.54) is 0 Å². The first-order chi connectivity index (χ1) is 2.27. The van der Waals surface area contributed by atoms with E-state index in [-0.39, 0.29) is 32.4 Å². The smallest absolute Gasteiger partial charge is 0 e. The fourth-order valence-electron chi connectivity index (χ4n) is 0. The maximum Gasteiger partial charge on any atom is 0 e. The molecule has 0 rings (SSSR count). The molecular formula is CH4IrNO3Zr. The van der Waals surface area contributed by atoms with Gasteiger partial charge in [-0.25, -0.2) is 0 Å². The van der Waals surface area contributed by atoms with Crippen molar-refractivity contribution in [2.45, 2.75) is 0 Å². The van der Waals surface area contributed by atoms with Gasteiger partial charge in [-0.05, 0) is 0 Å². The molecule has 0 fully saturated rings. The van der Waals surface area contributed by atoms with E-state index in [4.69, 9.17) is 9.90 Å². The van der Waals surface area contributed by atoms with Crippen LogP contribution in [0.1, 0.15) is 0 Å². The predicted molar refractivity (Wildman–Crippen MR) is 14.1 cm³/mol. The molecular weight excluding hydrogens is 357 g/mol. The summed E-state index contributed by atoms with van der Waals surface area (Å²) in [5.41, 5.74) is 0. The molecule has 0 radical (unpaired) electrons. The van der Waals surface area contributed by atoms with Crippen LogP contribution in [0, 0.1) is 0 Å². The van der Waals surface area contributed by atoms with E-state index in [9.17, 15) is 0 Å². The molecule has 0 aromatic carbocycles. The molecule has 0 heterocycles. The molecule has 0 aliphatic carbocycles. The zero-order valence-corrected chi connectivity index (χ0v) is 8.16. The van der Waals surface area contributed by atoms with E-state index in [1.54, 1.807) is 0 Å². The van der Waals surface area contributed by atoms with E-state index in [0.717, 1.165) is 19.3 Å². The Labute approximate surface area is 70.9 Å². The molecule has 0 saturated heterocycles. The molecule has 4 N–H and O–H groups in total. The predicted octanol–water partition coefficient (Wildman–Crippen LogP) is 0.302. The van der Waals surface area contributed by atoms with Crippen molar-refractivity contribution in [3.63, 3.8) is 0 Å². The average Bonchev–Trinajstić information content (AvgIpc) is 1.38. The van der Waals surface area contributed by atoms with E-state index < -0.39 is 6.16 Å². The average molecular weight is 361 g/mol. The van der Waals surface area contributed by atoms with Gasteiger partial charge < -0.3 is 6.15 Å². The first kappa shape index (κ1) is 15.7. The van der Waals surface area contributed by atoms with Gasteiger partial charge in [0.05, 0.1) is 0 Å². The second-order valence-electron chi connectivity index (χ2n) is 0.334. The summed E-state index contributed by atoms with van der Waals surface area (Å²) in [5.74, 6) is 0. The Bertz CT molecular complexity index is 50.2. The minimum Gasteiger partial charge on any atom is 0 e. The summed E-state index contributed by atoms with van der Waals surface area (Å²) in [5, 5.41) is 7.50. The van der Waals surface area contributed by atoms with Crippen LogP contribution in [-0.4, -0.2) is 11.3 Å². The third kappa shape index (κ3) is 20.1. The summed E-state index contributed by atoms with van der Waals surface area (Å²) in [7, 11) is 0. The molecule has 0 aromatic rings. The van der Waals surface area contributed by atoms with Crippen LogP contribution < -0.4 is 6.15 Å². The second-order valence-corrected chi connectivity index (χ2v) is 0.823. The molecule has 0 atom stereocenters. The van der Waals surface area contributed by atoms with Crippen molar-refractivity contribution in [3.05, 3.63) is 0 Å². The molecule has 0 bridgehead atoms. The molecule has 0 aliphatic heterocycles. The number of rotatable bonds is 0. The summed E-state index contributed by atoms with van der Waals surface area (Å²) in [6.45, 7) is 0. The summed E-state index contributed by atoms with van der Waals surface area (Å²) in [6.07, 6.45) is -1.25. The fraction of sp³-hybridized carbons (Fsp3) is 0. The van der Waals surface area contributed by atoms with Crippen molar-refractivity contribution >= 4 is 6.16 Å². The van der Waals surface area contributed by atoms with Crippen molar-refractivity contribution in [2.24, 2.45) is 0 Å². The molecule has 0 amide bonds. The molecule has 44 valence electrons. The van der Waals surface area contributed by atoms with Crippen LogP contribution in [0.2, 0.25) is 0 Å². The topological polar surface area (TPSA) is 81.5 Å². The molecule has 0 aromatic heterocycles. The van der Waals surface area contributed by atoms with Gasteiger partial charge in [0.1, 0.15) is 0 Å². The van der Waals surface area contributed by atoms with Gasteiger partial charge in [0, 0.05) is 26.2 Å². The summed E-state index contributed by atoms with van der Waals surface area (Å²) >= 11 is 1.10. The van der Waals surface area contributed by atoms with Gasteiger partial charge in [0.2, 0.25) is 0 Å². The largest absolute Gasteiger partial charge is 0 e. The molecule has 0 unspecified atom stereocenters. The van der Waals surface area contributed by atoms with Gasteiger partial charge in [-0.2, -0.15) is 0 Å². The first-order valence-corrected chi connectivity index (χ1v) is 1.75. The van der Waals surface area contributed by atoms with Crippen molar-refractivity contribution in [1.82, 2.24) is 6.15 Å². The summed E-state index contributed by atoms with van der Waals surface area (Å²) in [4.78, 5) is 9.15. The van der Waals surface area contributed by atoms with Crippen LogP contribution in [0.25, 0.3) is 0 Å². The van der Waals surface area contributed by atoms with Gasteiger partial charge in [0.15, 0.2) is 0 Å². The van der Waals surface area contributed by atoms with Crippen molar-refractivity contribution in [2.75, 3.05) is 0 Å². The maximum atomic E-state index is 9.15. The minimum atomic E-state index is -1.25. The number of hydrogen-bond donors (Lipinski definition) is 2. The minimum absolute atomic E-state index is 0. The van der Waals surface area contributed by atoms with Gasteiger partial charge in [-0.1, -0.05) is 0 Å². The van der Waals surface area contributed by atoms with Crippen LogP contribution in [0.15, 0.2) is 0 Å². The van der Waals surface area contributed by atoms with Crippen LogP contribution in [0.5, 0.6) is 0 Å². The monoisotopic (exact) mass is 361 g/mol. The van der Waals surface area contributed by atoms with E-state index in [2.05, 4.69) is 3.50 Å². The quantitative estimate of drug-likeness (QED) is 0.650. The van der Waals surface area contributed by atoms with Crippen LogP contribution in [0.4, 0.5) is 4.79 Å². The Morgan fingerprint density at radius 2 is 1.86 bits per heavy atom. The van der Waals surface area contributed by atoms with Gasteiger partial charge in [-0.15, -0.1) is 0 Å². The molecule has 6 heteroatoms. The Hall–Kier alpha value is 0.762. The van der Waals surface area contributed by atoms with E-state index in [0.29, 0.717) is 0 Å². The summed E-state index contributed by atoms with van der Waals surface area (Å²) in [6, 6.07) is 0. The van der Waals surface area contributed by atoms with Crippen LogP contribution in [-0.2, 0) is 49.0 Å². The van der Waals surface area contributed by atoms with Gasteiger partial charge in [0.25, 0.3) is 0 Å². The Balaban J connectivity index is -0.0000000800. The third-order valence-electron chi connectivity index (χ3n) is 0.0582. The zero-order chi connectivity index (χ0) is 4.28.